The Labute approximate surface area is 123 Å². The van der Waals surface area contributed by atoms with Crippen LogP contribution in [0.3, 0.4) is 0 Å². The van der Waals surface area contributed by atoms with E-state index in [2.05, 4.69) is 15.2 Å². The number of aromatic nitrogens is 1. The predicted molar refractivity (Wildman–Crippen MR) is 84.5 cm³/mol. The minimum atomic E-state index is -0.201. The van der Waals surface area contributed by atoms with Crippen molar-refractivity contribution >= 4 is 23.0 Å². The van der Waals surface area contributed by atoms with Crippen molar-refractivity contribution in [3.63, 3.8) is 0 Å². The van der Waals surface area contributed by atoms with Crippen LogP contribution < -0.4 is 16.0 Å². The molecule has 0 unspecified atom stereocenters. The molecular weight excluding hydrogens is 264 g/mol. The molecule has 3 N–H and O–H groups in total. The summed E-state index contributed by atoms with van der Waals surface area (Å²) in [6.45, 7) is 2.11. The zero-order valence-electron chi connectivity index (χ0n) is 11.7. The second kappa shape index (κ2) is 5.83. The molecule has 0 saturated carbocycles. The first-order valence-electron chi connectivity index (χ1n) is 7.10. The van der Waals surface area contributed by atoms with E-state index in [0.717, 1.165) is 18.8 Å². The smallest absolute Gasteiger partial charge is 0.257 e. The van der Waals surface area contributed by atoms with Gasteiger partial charge in [-0.2, -0.15) is 0 Å². The molecule has 2 aromatic rings. The minimum absolute atomic E-state index is 0.201. The molecule has 1 fully saturated rings. The molecule has 1 aliphatic rings. The van der Waals surface area contributed by atoms with Gasteiger partial charge in [0.05, 0.1) is 16.9 Å². The number of nitrogens with zero attached hydrogens (tertiary/aromatic N) is 2. The maximum absolute atomic E-state index is 12.2. The Balaban J connectivity index is 1.81. The number of nitrogens with two attached hydrogens (primary N) is 1. The molecule has 1 saturated heterocycles. The van der Waals surface area contributed by atoms with E-state index >= 15 is 0 Å². The third-order valence-electron chi connectivity index (χ3n) is 3.68. The summed E-state index contributed by atoms with van der Waals surface area (Å²) in [4.78, 5) is 18.4. The second-order valence-electron chi connectivity index (χ2n) is 5.16. The largest absolute Gasteiger partial charge is 0.397 e. The highest BCUT2D eigenvalue weighted by Gasteiger charge is 2.14. The second-order valence-corrected chi connectivity index (χ2v) is 5.16. The van der Waals surface area contributed by atoms with Gasteiger partial charge in [-0.15, -0.1) is 0 Å². The fourth-order valence-electron chi connectivity index (χ4n) is 2.52. The van der Waals surface area contributed by atoms with Gasteiger partial charge in [0, 0.05) is 31.2 Å². The Morgan fingerprint density at radius 2 is 2.05 bits per heavy atom. The molecule has 1 aromatic heterocycles. The predicted octanol–water partition coefficient (Wildman–Crippen LogP) is 2.52. The lowest BCUT2D eigenvalue weighted by Gasteiger charge is -2.19. The van der Waals surface area contributed by atoms with Crippen molar-refractivity contribution in [3.8, 4) is 0 Å². The number of amides is 1. The molecule has 0 aliphatic carbocycles. The van der Waals surface area contributed by atoms with E-state index in [4.69, 9.17) is 5.73 Å². The Morgan fingerprint density at radius 3 is 2.76 bits per heavy atom. The molecule has 1 aromatic carbocycles. The van der Waals surface area contributed by atoms with Gasteiger partial charge in [0.15, 0.2) is 0 Å². The van der Waals surface area contributed by atoms with E-state index in [9.17, 15) is 4.79 Å². The number of carbonyl (C=O) groups excluding carboxylic acids is 1. The first-order valence-corrected chi connectivity index (χ1v) is 7.10. The van der Waals surface area contributed by atoms with Gasteiger partial charge < -0.3 is 16.0 Å². The van der Waals surface area contributed by atoms with Crippen molar-refractivity contribution in [2.75, 3.05) is 29.0 Å². The van der Waals surface area contributed by atoms with Crippen molar-refractivity contribution in [1.82, 2.24) is 4.98 Å². The number of nitrogens with one attached hydrogen (secondary N) is 1. The van der Waals surface area contributed by atoms with Crippen LogP contribution in [0.2, 0.25) is 0 Å². The molecule has 0 radical (unpaired) electrons. The van der Waals surface area contributed by atoms with Crippen LogP contribution in [0.5, 0.6) is 0 Å². The van der Waals surface area contributed by atoms with Gasteiger partial charge in [-0.05, 0) is 43.2 Å². The van der Waals surface area contributed by atoms with Crippen molar-refractivity contribution in [2.45, 2.75) is 12.8 Å². The third-order valence-corrected chi connectivity index (χ3v) is 3.68. The summed E-state index contributed by atoms with van der Waals surface area (Å²) in [5, 5.41) is 2.86. The number of benzene rings is 1. The number of nitrogen functional groups attached to an aromatic ring is 1. The van der Waals surface area contributed by atoms with Crippen molar-refractivity contribution in [3.05, 3.63) is 48.3 Å². The van der Waals surface area contributed by atoms with Gasteiger partial charge in [0.2, 0.25) is 0 Å². The highest BCUT2D eigenvalue weighted by Crippen LogP contribution is 2.28. The summed E-state index contributed by atoms with van der Waals surface area (Å²) >= 11 is 0. The molecule has 1 aliphatic heterocycles. The summed E-state index contributed by atoms with van der Waals surface area (Å²) in [6, 6.07) is 9.24. The highest BCUT2D eigenvalue weighted by molar-refractivity contribution is 6.05. The SMILES string of the molecule is Nc1ccc(N2CCCC2)cc1NC(=O)c1cccnc1. The lowest BCUT2D eigenvalue weighted by molar-refractivity contribution is 0.102. The van der Waals surface area contributed by atoms with E-state index < -0.39 is 0 Å². The zero-order valence-corrected chi connectivity index (χ0v) is 11.7. The molecular formula is C16H18N4O. The van der Waals surface area contributed by atoms with Crippen LogP contribution in [0.4, 0.5) is 17.1 Å². The maximum Gasteiger partial charge on any atom is 0.257 e. The van der Waals surface area contributed by atoms with Gasteiger partial charge >= 0.3 is 0 Å². The van der Waals surface area contributed by atoms with Gasteiger partial charge in [0.25, 0.3) is 5.91 Å². The van der Waals surface area contributed by atoms with Crippen LogP contribution in [-0.2, 0) is 0 Å². The van der Waals surface area contributed by atoms with Crippen LogP contribution in [0, 0.1) is 0 Å². The average molecular weight is 282 g/mol. The molecule has 5 nitrogen and oxygen atoms in total. The van der Waals surface area contributed by atoms with Crippen LogP contribution in [0.15, 0.2) is 42.7 Å². The number of pyridine rings is 1. The lowest BCUT2D eigenvalue weighted by Crippen LogP contribution is -2.19. The van der Waals surface area contributed by atoms with Gasteiger partial charge in [-0.1, -0.05) is 0 Å². The Morgan fingerprint density at radius 1 is 1.24 bits per heavy atom. The lowest BCUT2D eigenvalue weighted by atomic mass is 10.2. The summed E-state index contributed by atoms with van der Waals surface area (Å²) in [5.41, 5.74) is 8.79. The fraction of sp³-hybridized carbons (Fsp3) is 0.250. The Kier molecular flexibility index (Phi) is 3.73. The summed E-state index contributed by atoms with van der Waals surface area (Å²) in [6.07, 6.45) is 5.60. The molecule has 108 valence electrons. The first-order chi connectivity index (χ1) is 10.2. The summed E-state index contributed by atoms with van der Waals surface area (Å²) in [5.74, 6) is -0.201. The Bertz CT molecular complexity index is 636. The van der Waals surface area contributed by atoms with Crippen molar-refractivity contribution in [1.29, 1.82) is 0 Å². The van der Waals surface area contributed by atoms with E-state index in [0.29, 0.717) is 16.9 Å². The summed E-state index contributed by atoms with van der Waals surface area (Å²) < 4.78 is 0. The van der Waals surface area contributed by atoms with Gasteiger partial charge in [0.1, 0.15) is 0 Å². The number of anilines is 3. The van der Waals surface area contributed by atoms with Gasteiger partial charge in [-0.3, -0.25) is 9.78 Å². The van der Waals surface area contributed by atoms with Crippen molar-refractivity contribution in [2.24, 2.45) is 0 Å². The van der Waals surface area contributed by atoms with E-state index in [1.54, 1.807) is 18.3 Å². The monoisotopic (exact) mass is 282 g/mol. The van der Waals surface area contributed by atoms with Gasteiger partial charge in [-0.25, -0.2) is 0 Å². The quantitative estimate of drug-likeness (QED) is 0.849. The molecule has 0 spiro atoms. The standard InChI is InChI=1S/C16H18N4O/c17-14-6-5-13(20-8-1-2-9-20)10-15(14)19-16(21)12-4-3-7-18-11-12/h3-7,10-11H,1-2,8-9,17H2,(H,19,21). The van der Waals surface area contributed by atoms with E-state index in [1.807, 2.05) is 18.2 Å². The fourth-order valence-corrected chi connectivity index (χ4v) is 2.52. The van der Waals surface area contributed by atoms with Crippen LogP contribution in [0.25, 0.3) is 0 Å². The zero-order chi connectivity index (χ0) is 14.7. The van der Waals surface area contributed by atoms with Crippen LogP contribution in [-0.4, -0.2) is 24.0 Å². The van der Waals surface area contributed by atoms with E-state index in [1.165, 1.54) is 19.0 Å². The van der Waals surface area contributed by atoms with Crippen molar-refractivity contribution < 1.29 is 4.79 Å². The maximum atomic E-state index is 12.2. The normalized spacial score (nSPS) is 14.2. The van der Waals surface area contributed by atoms with E-state index in [-0.39, 0.29) is 5.91 Å². The average Bonchev–Trinajstić information content (AvgIpc) is 3.04. The molecule has 1 amide bonds. The number of rotatable bonds is 3. The number of hydrogen-bond donors (Lipinski definition) is 2. The summed E-state index contributed by atoms with van der Waals surface area (Å²) in [7, 11) is 0. The molecule has 5 heteroatoms. The topological polar surface area (TPSA) is 71.2 Å². The minimum Gasteiger partial charge on any atom is -0.397 e. The number of hydrogen-bond acceptors (Lipinski definition) is 4. The molecule has 0 atom stereocenters. The molecule has 2 heterocycles. The van der Waals surface area contributed by atoms with Crippen LogP contribution >= 0.6 is 0 Å². The molecule has 0 bridgehead atoms. The van der Waals surface area contributed by atoms with Crippen LogP contribution in [0.1, 0.15) is 23.2 Å². The molecule has 3 rings (SSSR count). The number of carbonyl (C=O) groups is 1. The highest BCUT2D eigenvalue weighted by atomic mass is 16.1. The third kappa shape index (κ3) is 2.97. The Hall–Kier alpha value is -2.56. The first kappa shape index (κ1) is 13.4. The molecule has 21 heavy (non-hydrogen) atoms.